The first-order valence-corrected chi connectivity index (χ1v) is 13.1. The second-order valence-corrected chi connectivity index (χ2v) is 11.9. The lowest BCUT2D eigenvalue weighted by Crippen LogP contribution is -2.61. The van der Waals surface area contributed by atoms with Gasteiger partial charge in [-0.1, -0.05) is 38.4 Å². The summed E-state index contributed by atoms with van der Waals surface area (Å²) < 4.78 is 20.4. The van der Waals surface area contributed by atoms with Crippen LogP contribution in [0.2, 0.25) is 5.02 Å². The SMILES string of the molecule is CC(C)(C)c1cc(-c2ccc(Cl)c(F)c2)nc2cc(C(=O)N3CCN(c4ncncc4C(=O)O)CC3(C)C)oc12. The first kappa shape index (κ1) is 27.5. The van der Waals surface area contributed by atoms with Crippen molar-refractivity contribution in [2.45, 2.75) is 45.6 Å². The van der Waals surface area contributed by atoms with E-state index in [0.29, 0.717) is 47.8 Å². The van der Waals surface area contributed by atoms with Crippen molar-refractivity contribution in [2.75, 3.05) is 24.5 Å². The van der Waals surface area contributed by atoms with Crippen LogP contribution in [0.15, 0.2) is 47.3 Å². The van der Waals surface area contributed by atoms with Crippen LogP contribution in [-0.4, -0.2) is 62.0 Å². The summed E-state index contributed by atoms with van der Waals surface area (Å²) in [5.74, 6) is -1.50. The van der Waals surface area contributed by atoms with E-state index in [1.54, 1.807) is 17.0 Å². The average molecular weight is 566 g/mol. The van der Waals surface area contributed by atoms with Gasteiger partial charge < -0.3 is 19.3 Å². The number of nitrogens with zero attached hydrogens (tertiary/aromatic N) is 5. The molecule has 208 valence electrons. The molecule has 40 heavy (non-hydrogen) atoms. The Balaban J connectivity index is 1.49. The van der Waals surface area contributed by atoms with Crippen molar-refractivity contribution in [2.24, 2.45) is 0 Å². The number of anilines is 1. The maximum Gasteiger partial charge on any atom is 0.341 e. The zero-order chi connectivity index (χ0) is 29.0. The van der Waals surface area contributed by atoms with Crippen molar-refractivity contribution in [3.63, 3.8) is 0 Å². The number of aromatic nitrogens is 3. The zero-order valence-corrected chi connectivity index (χ0v) is 23.6. The van der Waals surface area contributed by atoms with Crippen LogP contribution in [0.5, 0.6) is 0 Å². The number of rotatable bonds is 4. The lowest BCUT2D eigenvalue weighted by Gasteiger charge is -2.47. The van der Waals surface area contributed by atoms with Gasteiger partial charge in [0.15, 0.2) is 11.3 Å². The minimum atomic E-state index is -1.11. The molecule has 0 aliphatic carbocycles. The molecular formula is C29H29ClFN5O4. The Bertz CT molecular complexity index is 1650. The van der Waals surface area contributed by atoms with Crippen molar-refractivity contribution < 1.29 is 23.5 Å². The van der Waals surface area contributed by atoms with Crippen LogP contribution in [0, 0.1) is 5.82 Å². The lowest BCUT2D eigenvalue weighted by molar-refractivity contribution is 0.0481. The molecule has 1 saturated heterocycles. The molecule has 0 radical (unpaired) electrons. The zero-order valence-electron chi connectivity index (χ0n) is 22.8. The molecule has 4 aromatic rings. The van der Waals surface area contributed by atoms with Crippen molar-refractivity contribution in [3.8, 4) is 11.3 Å². The van der Waals surface area contributed by atoms with Gasteiger partial charge in [0.05, 0.1) is 16.3 Å². The first-order chi connectivity index (χ1) is 18.8. The van der Waals surface area contributed by atoms with Gasteiger partial charge in [-0.25, -0.2) is 24.1 Å². The second-order valence-electron chi connectivity index (χ2n) is 11.5. The van der Waals surface area contributed by atoms with Gasteiger partial charge in [0.1, 0.15) is 29.0 Å². The maximum atomic E-state index is 14.2. The van der Waals surface area contributed by atoms with E-state index in [2.05, 4.69) is 9.97 Å². The molecule has 5 rings (SSSR count). The number of halogens is 2. The number of pyridine rings is 1. The number of carbonyl (C=O) groups excluding carboxylic acids is 1. The third-order valence-corrected chi connectivity index (χ3v) is 7.39. The quantitative estimate of drug-likeness (QED) is 0.330. The number of piperazine rings is 1. The van der Waals surface area contributed by atoms with E-state index in [4.69, 9.17) is 21.0 Å². The Morgan fingerprint density at radius 3 is 2.55 bits per heavy atom. The molecule has 0 unspecified atom stereocenters. The van der Waals surface area contributed by atoms with E-state index in [1.165, 1.54) is 24.7 Å². The van der Waals surface area contributed by atoms with Gasteiger partial charge in [-0.05, 0) is 37.5 Å². The fourth-order valence-electron chi connectivity index (χ4n) is 5.06. The number of carbonyl (C=O) groups is 2. The van der Waals surface area contributed by atoms with Crippen LogP contribution >= 0.6 is 11.6 Å². The summed E-state index contributed by atoms with van der Waals surface area (Å²) in [6.45, 7) is 11.0. The number of fused-ring (bicyclic) bond motifs is 1. The molecule has 1 aliphatic rings. The largest absolute Gasteiger partial charge is 0.477 e. The summed E-state index contributed by atoms with van der Waals surface area (Å²) in [5, 5.41) is 9.59. The highest BCUT2D eigenvalue weighted by molar-refractivity contribution is 6.30. The van der Waals surface area contributed by atoms with E-state index >= 15 is 0 Å². The number of benzene rings is 1. The van der Waals surface area contributed by atoms with E-state index in [1.807, 2.05) is 45.6 Å². The normalized spacial score (nSPS) is 15.5. The summed E-state index contributed by atoms with van der Waals surface area (Å²) in [5.41, 5.74) is 1.89. The van der Waals surface area contributed by atoms with E-state index < -0.39 is 17.3 Å². The summed E-state index contributed by atoms with van der Waals surface area (Å²) in [4.78, 5) is 41.8. The van der Waals surface area contributed by atoms with Gasteiger partial charge in [-0.3, -0.25) is 4.79 Å². The first-order valence-electron chi connectivity index (χ1n) is 12.8. The van der Waals surface area contributed by atoms with E-state index in [-0.39, 0.29) is 27.7 Å². The molecule has 1 fully saturated rings. The topological polar surface area (TPSA) is 113 Å². The number of carboxylic acids is 1. The van der Waals surface area contributed by atoms with Gasteiger partial charge in [0.25, 0.3) is 5.91 Å². The highest BCUT2D eigenvalue weighted by Crippen LogP contribution is 2.36. The number of carboxylic acid groups (broad SMARTS) is 1. The second kappa shape index (κ2) is 9.85. The van der Waals surface area contributed by atoms with Crippen molar-refractivity contribution in [1.29, 1.82) is 0 Å². The van der Waals surface area contributed by atoms with Crippen LogP contribution in [0.3, 0.4) is 0 Å². The van der Waals surface area contributed by atoms with E-state index in [9.17, 15) is 19.1 Å². The minimum absolute atomic E-state index is 0.00696. The molecule has 0 atom stereocenters. The Morgan fingerprint density at radius 1 is 1.15 bits per heavy atom. The Hall–Kier alpha value is -4.05. The molecule has 4 heterocycles. The lowest BCUT2D eigenvalue weighted by atomic mass is 9.86. The highest BCUT2D eigenvalue weighted by Gasteiger charge is 2.40. The van der Waals surface area contributed by atoms with Crippen LogP contribution in [0.1, 0.15) is 61.1 Å². The molecule has 9 nitrogen and oxygen atoms in total. The van der Waals surface area contributed by atoms with Crippen LogP contribution in [0.4, 0.5) is 10.2 Å². The van der Waals surface area contributed by atoms with Crippen LogP contribution in [-0.2, 0) is 5.41 Å². The molecule has 0 saturated carbocycles. The number of amides is 1. The molecule has 0 bridgehead atoms. The molecule has 11 heteroatoms. The number of hydrogen-bond donors (Lipinski definition) is 1. The summed E-state index contributed by atoms with van der Waals surface area (Å²) in [6, 6.07) is 8.01. The fraction of sp³-hybridized carbons (Fsp3) is 0.345. The predicted octanol–water partition coefficient (Wildman–Crippen LogP) is 5.81. The third-order valence-electron chi connectivity index (χ3n) is 7.08. The number of aromatic carboxylic acids is 1. The molecule has 0 spiro atoms. The molecular weight excluding hydrogens is 537 g/mol. The summed E-state index contributed by atoms with van der Waals surface area (Å²) >= 11 is 5.88. The minimum Gasteiger partial charge on any atom is -0.477 e. The van der Waals surface area contributed by atoms with Gasteiger partial charge in [0, 0.05) is 43.0 Å². The van der Waals surface area contributed by atoms with Gasteiger partial charge in [0.2, 0.25) is 0 Å². The summed E-state index contributed by atoms with van der Waals surface area (Å²) in [7, 11) is 0. The van der Waals surface area contributed by atoms with Gasteiger partial charge in [-0.2, -0.15) is 0 Å². The number of furan rings is 1. The van der Waals surface area contributed by atoms with Crippen molar-refractivity contribution >= 4 is 40.4 Å². The molecule has 3 aromatic heterocycles. The van der Waals surface area contributed by atoms with E-state index in [0.717, 1.165) is 5.56 Å². The van der Waals surface area contributed by atoms with Crippen LogP contribution < -0.4 is 4.90 Å². The smallest absolute Gasteiger partial charge is 0.341 e. The number of hydrogen-bond acceptors (Lipinski definition) is 7. The monoisotopic (exact) mass is 565 g/mol. The van der Waals surface area contributed by atoms with Crippen molar-refractivity contribution in [1.82, 2.24) is 19.9 Å². The molecule has 1 amide bonds. The summed E-state index contributed by atoms with van der Waals surface area (Å²) in [6.07, 6.45) is 2.59. The third kappa shape index (κ3) is 4.99. The molecule has 1 aliphatic heterocycles. The van der Waals surface area contributed by atoms with Gasteiger partial charge in [-0.15, -0.1) is 0 Å². The maximum absolute atomic E-state index is 14.2. The Kier molecular flexibility index (Phi) is 6.78. The Labute approximate surface area is 235 Å². The molecule has 1 aromatic carbocycles. The standard InChI is InChI=1S/C29H29ClFN5O4/c1-28(2,3)18-11-21(16-6-7-19(30)20(31)10-16)34-22-12-23(40-24(18)22)26(37)36-9-8-35(14-29(36,4)5)25-17(27(38)39)13-32-15-33-25/h6-7,10-13,15H,8-9,14H2,1-5H3,(H,38,39). The van der Waals surface area contributed by atoms with Gasteiger partial charge >= 0.3 is 5.97 Å². The molecule has 1 N–H and O–H groups in total. The van der Waals surface area contributed by atoms with Crippen molar-refractivity contribution in [3.05, 3.63) is 70.6 Å². The average Bonchev–Trinajstić information content (AvgIpc) is 3.32. The fourth-order valence-corrected chi connectivity index (χ4v) is 5.18. The highest BCUT2D eigenvalue weighted by atomic mass is 35.5. The Morgan fingerprint density at radius 2 is 1.90 bits per heavy atom. The predicted molar refractivity (Wildman–Crippen MR) is 149 cm³/mol. The van der Waals surface area contributed by atoms with Crippen LogP contribution in [0.25, 0.3) is 22.4 Å².